The Morgan fingerprint density at radius 3 is 2.09 bits per heavy atom. The fourth-order valence-electron chi connectivity index (χ4n) is 2.54. The molecule has 0 aliphatic rings. The van der Waals surface area contributed by atoms with Crippen molar-refractivity contribution in [1.29, 1.82) is 0 Å². The third-order valence-corrected chi connectivity index (χ3v) is 3.97. The van der Waals surface area contributed by atoms with Gasteiger partial charge in [-0.25, -0.2) is 4.79 Å². The lowest BCUT2D eigenvalue weighted by Crippen LogP contribution is -2.05. The van der Waals surface area contributed by atoms with Crippen LogP contribution in [0.1, 0.15) is 65.4 Å². The van der Waals surface area contributed by atoms with Crippen LogP contribution in [-0.4, -0.2) is 16.2 Å². The van der Waals surface area contributed by atoms with Crippen LogP contribution in [-0.2, 0) is 0 Å². The van der Waals surface area contributed by atoms with Gasteiger partial charge in [-0.1, -0.05) is 56.3 Å². The van der Waals surface area contributed by atoms with E-state index < -0.39 is 12.1 Å². The zero-order valence-electron chi connectivity index (χ0n) is 13.7. The van der Waals surface area contributed by atoms with Crippen LogP contribution < -0.4 is 0 Å². The van der Waals surface area contributed by atoms with E-state index in [0.717, 1.165) is 22.3 Å². The molecule has 2 N–H and O–H groups in total. The van der Waals surface area contributed by atoms with E-state index in [-0.39, 0.29) is 5.56 Å². The highest BCUT2D eigenvalue weighted by atomic mass is 16.4. The smallest absolute Gasteiger partial charge is 0.335 e. The van der Waals surface area contributed by atoms with Crippen molar-refractivity contribution in [3.8, 4) is 0 Å². The van der Waals surface area contributed by atoms with Gasteiger partial charge in [0.05, 0.1) is 5.56 Å². The molecule has 0 radical (unpaired) electrons. The monoisotopic (exact) mass is 310 g/mol. The molecule has 3 heteroatoms. The summed E-state index contributed by atoms with van der Waals surface area (Å²) in [7, 11) is 0. The summed E-state index contributed by atoms with van der Waals surface area (Å²) in [5, 5.41) is 19.7. The molecule has 1 unspecified atom stereocenters. The summed E-state index contributed by atoms with van der Waals surface area (Å²) in [5.41, 5.74) is 4.62. The molecule has 0 aliphatic carbocycles. The second-order valence-corrected chi connectivity index (χ2v) is 6.11. The van der Waals surface area contributed by atoms with E-state index in [4.69, 9.17) is 5.11 Å². The van der Waals surface area contributed by atoms with E-state index in [1.165, 1.54) is 12.1 Å². The quantitative estimate of drug-likeness (QED) is 0.847. The van der Waals surface area contributed by atoms with Crippen LogP contribution in [0.2, 0.25) is 0 Å². The van der Waals surface area contributed by atoms with Gasteiger partial charge in [0, 0.05) is 0 Å². The summed E-state index contributed by atoms with van der Waals surface area (Å²) in [5.74, 6) is -0.620. The molecular formula is C20H22O3. The van der Waals surface area contributed by atoms with Crippen molar-refractivity contribution in [3.63, 3.8) is 0 Å². The predicted molar refractivity (Wildman–Crippen MR) is 92.7 cm³/mol. The Morgan fingerprint density at radius 1 is 1.04 bits per heavy atom. The number of hydrogen-bond acceptors (Lipinski definition) is 2. The summed E-state index contributed by atoms with van der Waals surface area (Å²) in [6.45, 7) is 10.1. The fraction of sp³-hybridized carbons (Fsp3) is 0.250. The number of hydrogen-bond donors (Lipinski definition) is 2. The van der Waals surface area contributed by atoms with Gasteiger partial charge >= 0.3 is 5.97 Å². The number of aromatic carboxylic acids is 1. The van der Waals surface area contributed by atoms with E-state index in [1.807, 2.05) is 19.1 Å². The standard InChI is InChI=1S/C20H22O3/c1-12(2)16-9-10-17(13(3)4)18(11-16)19(21)14-5-7-15(8-6-14)20(22)23/h5-12,19,21H,3H2,1-2,4H3,(H,22,23). The second kappa shape index (κ2) is 6.80. The molecule has 2 aromatic carbocycles. The summed E-state index contributed by atoms with van der Waals surface area (Å²) < 4.78 is 0. The van der Waals surface area contributed by atoms with Crippen LogP contribution in [0.3, 0.4) is 0 Å². The summed E-state index contributed by atoms with van der Waals surface area (Å²) in [6, 6.07) is 12.4. The highest BCUT2D eigenvalue weighted by molar-refractivity contribution is 5.87. The number of aliphatic hydroxyl groups is 1. The van der Waals surface area contributed by atoms with Gasteiger partial charge in [0.15, 0.2) is 0 Å². The SMILES string of the molecule is C=C(C)c1ccc(C(C)C)cc1C(O)c1ccc(C(=O)O)cc1. The first kappa shape index (κ1) is 17.0. The Morgan fingerprint density at radius 2 is 1.61 bits per heavy atom. The van der Waals surface area contributed by atoms with Gasteiger partial charge in [0.2, 0.25) is 0 Å². The first-order valence-electron chi connectivity index (χ1n) is 7.62. The van der Waals surface area contributed by atoms with E-state index in [2.05, 4.69) is 26.5 Å². The number of allylic oxidation sites excluding steroid dienone is 1. The van der Waals surface area contributed by atoms with Crippen molar-refractivity contribution in [2.45, 2.75) is 32.8 Å². The minimum Gasteiger partial charge on any atom is -0.478 e. The zero-order chi connectivity index (χ0) is 17.1. The van der Waals surface area contributed by atoms with Crippen LogP contribution in [0.5, 0.6) is 0 Å². The van der Waals surface area contributed by atoms with Crippen molar-refractivity contribution >= 4 is 11.5 Å². The maximum Gasteiger partial charge on any atom is 0.335 e. The Bertz CT molecular complexity index is 727. The Hall–Kier alpha value is -2.39. The third-order valence-electron chi connectivity index (χ3n) is 3.97. The lowest BCUT2D eigenvalue weighted by molar-refractivity contribution is 0.0696. The van der Waals surface area contributed by atoms with Gasteiger partial charge in [-0.15, -0.1) is 0 Å². The Labute approximate surface area is 136 Å². The maximum atomic E-state index is 10.9. The van der Waals surface area contributed by atoms with Crippen LogP contribution in [0.15, 0.2) is 49.0 Å². The minimum atomic E-state index is -0.976. The highest BCUT2D eigenvalue weighted by Crippen LogP contribution is 2.31. The molecule has 0 aromatic heterocycles. The molecule has 0 bridgehead atoms. The average molecular weight is 310 g/mol. The molecule has 0 heterocycles. The minimum absolute atomic E-state index is 0.206. The topological polar surface area (TPSA) is 57.5 Å². The van der Waals surface area contributed by atoms with Crippen LogP contribution in [0.4, 0.5) is 0 Å². The first-order valence-corrected chi connectivity index (χ1v) is 7.62. The van der Waals surface area contributed by atoms with Crippen LogP contribution in [0.25, 0.3) is 5.57 Å². The molecule has 0 amide bonds. The first-order chi connectivity index (χ1) is 10.8. The molecule has 1 atom stereocenters. The van der Waals surface area contributed by atoms with Gasteiger partial charge in [0.1, 0.15) is 6.10 Å². The van der Waals surface area contributed by atoms with Crippen molar-refractivity contribution < 1.29 is 15.0 Å². The summed E-state index contributed by atoms with van der Waals surface area (Å²) >= 11 is 0. The van der Waals surface area contributed by atoms with E-state index in [0.29, 0.717) is 11.5 Å². The van der Waals surface area contributed by atoms with Crippen molar-refractivity contribution in [1.82, 2.24) is 0 Å². The number of carbonyl (C=O) groups is 1. The molecule has 120 valence electrons. The molecule has 0 saturated heterocycles. The second-order valence-electron chi connectivity index (χ2n) is 6.11. The van der Waals surface area contributed by atoms with E-state index >= 15 is 0 Å². The van der Waals surface area contributed by atoms with Crippen molar-refractivity contribution in [3.05, 3.63) is 76.9 Å². The average Bonchev–Trinajstić information content (AvgIpc) is 2.53. The van der Waals surface area contributed by atoms with Gasteiger partial charge in [-0.2, -0.15) is 0 Å². The third kappa shape index (κ3) is 3.69. The van der Waals surface area contributed by atoms with Crippen molar-refractivity contribution in [2.75, 3.05) is 0 Å². The Balaban J connectivity index is 2.47. The van der Waals surface area contributed by atoms with Gasteiger partial charge in [-0.3, -0.25) is 0 Å². The van der Waals surface area contributed by atoms with Gasteiger partial charge < -0.3 is 10.2 Å². The van der Waals surface area contributed by atoms with E-state index in [1.54, 1.807) is 12.1 Å². The molecule has 3 nitrogen and oxygen atoms in total. The number of benzene rings is 2. The Kier molecular flexibility index (Phi) is 5.02. The van der Waals surface area contributed by atoms with Crippen LogP contribution in [0, 0.1) is 0 Å². The fourth-order valence-corrected chi connectivity index (χ4v) is 2.54. The largest absolute Gasteiger partial charge is 0.478 e. The number of rotatable bonds is 5. The molecule has 0 fully saturated rings. The van der Waals surface area contributed by atoms with Crippen LogP contribution >= 0.6 is 0 Å². The predicted octanol–water partition coefficient (Wildman–Crippen LogP) is 4.62. The molecule has 2 aromatic rings. The molecule has 0 spiro atoms. The number of aliphatic hydroxyl groups excluding tert-OH is 1. The van der Waals surface area contributed by atoms with Gasteiger partial charge in [-0.05, 0) is 47.2 Å². The molecule has 0 saturated carbocycles. The molecular weight excluding hydrogens is 288 g/mol. The lowest BCUT2D eigenvalue weighted by atomic mass is 9.89. The molecule has 23 heavy (non-hydrogen) atoms. The van der Waals surface area contributed by atoms with E-state index in [9.17, 15) is 9.90 Å². The van der Waals surface area contributed by atoms with Gasteiger partial charge in [0.25, 0.3) is 0 Å². The number of carboxylic acid groups (broad SMARTS) is 1. The summed E-state index contributed by atoms with van der Waals surface area (Å²) in [6.07, 6.45) is -0.816. The highest BCUT2D eigenvalue weighted by Gasteiger charge is 2.17. The number of carboxylic acids is 1. The molecule has 0 aliphatic heterocycles. The summed E-state index contributed by atoms with van der Waals surface area (Å²) in [4.78, 5) is 10.9. The maximum absolute atomic E-state index is 10.9. The normalized spacial score (nSPS) is 12.2. The van der Waals surface area contributed by atoms with Crippen molar-refractivity contribution in [2.24, 2.45) is 0 Å². The zero-order valence-corrected chi connectivity index (χ0v) is 13.7. The lowest BCUT2D eigenvalue weighted by Gasteiger charge is -2.19. The molecule has 2 rings (SSSR count).